The van der Waals surface area contributed by atoms with Crippen molar-refractivity contribution in [3.8, 4) is 11.5 Å². The molecule has 1 aliphatic carbocycles. The van der Waals surface area contributed by atoms with Crippen molar-refractivity contribution in [3.63, 3.8) is 0 Å². The van der Waals surface area contributed by atoms with Crippen LogP contribution < -0.4 is 19.3 Å². The van der Waals surface area contributed by atoms with Gasteiger partial charge in [0.1, 0.15) is 17.3 Å². The lowest BCUT2D eigenvalue weighted by molar-refractivity contribution is -0.117. The standard InChI is InChI=1S/C22H26F2N4O3/c1-4-28-18-10-25-19(26-22(18)27(2)11-20(28)29)7-13-5-14(6-13)12-31-15-8-16(23)21(30-3)17(24)9-15/h8-10,13-14H,4-7,11-12H2,1-3H3. The van der Waals surface area contributed by atoms with E-state index in [1.54, 1.807) is 11.1 Å². The van der Waals surface area contributed by atoms with Crippen LogP contribution >= 0.6 is 0 Å². The van der Waals surface area contributed by atoms with Gasteiger partial charge in [0.2, 0.25) is 5.91 Å². The van der Waals surface area contributed by atoms with Crippen LogP contribution in [0.5, 0.6) is 11.5 Å². The van der Waals surface area contributed by atoms with Crippen molar-refractivity contribution in [1.82, 2.24) is 9.97 Å². The molecule has 4 rings (SSSR count). The second-order valence-electron chi connectivity index (χ2n) is 8.13. The van der Waals surface area contributed by atoms with E-state index in [2.05, 4.69) is 9.72 Å². The van der Waals surface area contributed by atoms with Crippen LogP contribution in [0.15, 0.2) is 18.3 Å². The molecule has 0 N–H and O–H groups in total. The Balaban J connectivity index is 1.31. The first kappa shape index (κ1) is 21.3. The molecule has 166 valence electrons. The van der Waals surface area contributed by atoms with Crippen LogP contribution in [0.25, 0.3) is 0 Å². The largest absolute Gasteiger partial charge is 0.493 e. The first-order chi connectivity index (χ1) is 14.9. The zero-order valence-electron chi connectivity index (χ0n) is 17.9. The van der Waals surface area contributed by atoms with Crippen molar-refractivity contribution < 1.29 is 23.0 Å². The Labute approximate surface area is 180 Å². The highest BCUT2D eigenvalue weighted by atomic mass is 19.1. The summed E-state index contributed by atoms with van der Waals surface area (Å²) in [4.78, 5) is 24.9. The number of carbonyl (C=O) groups is 1. The van der Waals surface area contributed by atoms with Gasteiger partial charge in [-0.3, -0.25) is 4.79 Å². The predicted molar refractivity (Wildman–Crippen MR) is 112 cm³/mol. The van der Waals surface area contributed by atoms with E-state index in [-0.39, 0.29) is 11.7 Å². The SMILES string of the molecule is CCN1C(=O)CN(C)c2nc(CC3CC(COc4cc(F)c(OC)c(F)c4)C3)ncc21. The minimum absolute atomic E-state index is 0.0484. The van der Waals surface area contributed by atoms with Gasteiger partial charge in [-0.25, -0.2) is 18.7 Å². The maximum absolute atomic E-state index is 13.8. The van der Waals surface area contributed by atoms with E-state index in [1.807, 2.05) is 18.9 Å². The molecule has 0 saturated heterocycles. The summed E-state index contributed by atoms with van der Waals surface area (Å²) in [7, 11) is 3.09. The maximum atomic E-state index is 13.8. The molecule has 1 fully saturated rings. The Hall–Kier alpha value is -2.97. The molecule has 2 heterocycles. The number of likely N-dealkylation sites (N-methyl/N-ethyl adjacent to an activating group) is 2. The molecule has 1 amide bonds. The van der Waals surface area contributed by atoms with E-state index in [0.29, 0.717) is 31.5 Å². The predicted octanol–water partition coefficient (Wildman–Crippen LogP) is 3.21. The average molecular weight is 432 g/mol. The summed E-state index contributed by atoms with van der Waals surface area (Å²) in [6.07, 6.45) is 4.37. The lowest BCUT2D eigenvalue weighted by Gasteiger charge is -2.36. The normalized spacial score (nSPS) is 20.4. The zero-order valence-corrected chi connectivity index (χ0v) is 17.9. The Morgan fingerprint density at radius 1 is 1.19 bits per heavy atom. The lowest BCUT2D eigenvalue weighted by Crippen LogP contribution is -2.45. The molecule has 0 bridgehead atoms. The molecule has 0 atom stereocenters. The van der Waals surface area contributed by atoms with Crippen LogP contribution in [-0.2, 0) is 11.2 Å². The highest BCUT2D eigenvalue weighted by Crippen LogP contribution is 2.37. The number of carbonyl (C=O) groups excluding carboxylic acids is 1. The summed E-state index contributed by atoms with van der Waals surface area (Å²) in [5, 5.41) is 0. The maximum Gasteiger partial charge on any atom is 0.246 e. The second-order valence-corrected chi connectivity index (χ2v) is 8.13. The third-order valence-electron chi connectivity index (χ3n) is 5.91. The monoisotopic (exact) mass is 432 g/mol. The molecular weight excluding hydrogens is 406 g/mol. The number of nitrogens with zero attached hydrogens (tertiary/aromatic N) is 4. The number of hydrogen-bond donors (Lipinski definition) is 0. The van der Waals surface area contributed by atoms with Crippen molar-refractivity contribution in [2.24, 2.45) is 11.8 Å². The number of halogens is 2. The van der Waals surface area contributed by atoms with Crippen molar-refractivity contribution in [3.05, 3.63) is 35.8 Å². The van der Waals surface area contributed by atoms with Gasteiger partial charge in [-0.1, -0.05) is 0 Å². The molecule has 9 heteroatoms. The number of fused-ring (bicyclic) bond motifs is 1. The quantitative estimate of drug-likeness (QED) is 0.669. The Morgan fingerprint density at radius 2 is 1.90 bits per heavy atom. The van der Waals surface area contributed by atoms with Crippen molar-refractivity contribution in [2.45, 2.75) is 26.2 Å². The minimum Gasteiger partial charge on any atom is -0.493 e. The molecule has 2 aromatic rings. The molecule has 2 aliphatic rings. The number of methoxy groups -OCH3 is 1. The van der Waals surface area contributed by atoms with Crippen molar-refractivity contribution in [1.29, 1.82) is 0 Å². The summed E-state index contributed by atoms with van der Waals surface area (Å²) < 4.78 is 37.8. The summed E-state index contributed by atoms with van der Waals surface area (Å²) >= 11 is 0. The molecule has 1 aromatic heterocycles. The van der Waals surface area contributed by atoms with Crippen LogP contribution in [0, 0.1) is 23.5 Å². The van der Waals surface area contributed by atoms with Gasteiger partial charge in [0.05, 0.1) is 26.5 Å². The first-order valence-corrected chi connectivity index (χ1v) is 10.4. The summed E-state index contributed by atoms with van der Waals surface area (Å²) in [5.41, 5.74) is 0.754. The van der Waals surface area contributed by atoms with E-state index in [4.69, 9.17) is 9.72 Å². The molecule has 7 nitrogen and oxygen atoms in total. The fraction of sp³-hybridized carbons (Fsp3) is 0.500. The van der Waals surface area contributed by atoms with Gasteiger partial charge in [0.25, 0.3) is 0 Å². The van der Waals surface area contributed by atoms with E-state index in [9.17, 15) is 13.6 Å². The highest BCUT2D eigenvalue weighted by Gasteiger charge is 2.32. The molecule has 1 aromatic carbocycles. The van der Waals surface area contributed by atoms with Gasteiger partial charge in [-0.2, -0.15) is 0 Å². The number of benzene rings is 1. The van der Waals surface area contributed by atoms with Crippen LogP contribution in [0.3, 0.4) is 0 Å². The number of rotatable bonds is 7. The Morgan fingerprint density at radius 3 is 2.55 bits per heavy atom. The Kier molecular flexibility index (Phi) is 5.93. The topological polar surface area (TPSA) is 67.8 Å². The average Bonchev–Trinajstić information content (AvgIpc) is 2.70. The van der Waals surface area contributed by atoms with Gasteiger partial charge >= 0.3 is 0 Å². The second kappa shape index (κ2) is 8.64. The van der Waals surface area contributed by atoms with Crippen LogP contribution in [0.1, 0.15) is 25.6 Å². The van der Waals surface area contributed by atoms with E-state index >= 15 is 0 Å². The molecule has 0 spiro atoms. The number of amides is 1. The fourth-order valence-corrected chi connectivity index (χ4v) is 4.28. The number of aromatic nitrogens is 2. The summed E-state index contributed by atoms with van der Waals surface area (Å²) in [5.74, 6) is 0.568. The van der Waals surface area contributed by atoms with Crippen molar-refractivity contribution >= 4 is 17.4 Å². The van der Waals surface area contributed by atoms with Gasteiger partial charge < -0.3 is 19.3 Å². The Bertz CT molecular complexity index is 958. The summed E-state index contributed by atoms with van der Waals surface area (Å²) in [6, 6.07) is 2.28. The van der Waals surface area contributed by atoms with Gasteiger partial charge in [-0.15, -0.1) is 0 Å². The van der Waals surface area contributed by atoms with Gasteiger partial charge in [0, 0.05) is 32.1 Å². The van der Waals surface area contributed by atoms with Crippen LogP contribution in [-0.4, -0.2) is 49.7 Å². The smallest absolute Gasteiger partial charge is 0.246 e. The van der Waals surface area contributed by atoms with E-state index < -0.39 is 17.4 Å². The highest BCUT2D eigenvalue weighted by molar-refractivity contribution is 6.01. The molecule has 1 aliphatic heterocycles. The van der Waals surface area contributed by atoms with Crippen molar-refractivity contribution in [2.75, 3.05) is 43.7 Å². The number of anilines is 2. The van der Waals surface area contributed by atoms with Gasteiger partial charge in [-0.05, 0) is 31.6 Å². The molecule has 0 radical (unpaired) electrons. The van der Waals surface area contributed by atoms with E-state index in [0.717, 1.165) is 48.7 Å². The minimum atomic E-state index is -0.776. The molecule has 0 unspecified atom stereocenters. The first-order valence-electron chi connectivity index (χ1n) is 10.4. The van der Waals surface area contributed by atoms with Crippen LogP contribution in [0.4, 0.5) is 20.3 Å². The van der Waals surface area contributed by atoms with Crippen LogP contribution in [0.2, 0.25) is 0 Å². The zero-order chi connectivity index (χ0) is 22.1. The fourth-order valence-electron chi connectivity index (χ4n) is 4.28. The van der Waals surface area contributed by atoms with Gasteiger partial charge in [0.15, 0.2) is 23.2 Å². The third kappa shape index (κ3) is 4.26. The molecular formula is C22H26F2N4O3. The number of ether oxygens (including phenoxy) is 2. The molecule has 1 saturated carbocycles. The lowest BCUT2D eigenvalue weighted by atomic mass is 9.73. The number of hydrogen-bond acceptors (Lipinski definition) is 6. The molecule has 31 heavy (non-hydrogen) atoms. The summed E-state index contributed by atoms with van der Waals surface area (Å²) in [6.45, 7) is 3.25. The third-order valence-corrected chi connectivity index (χ3v) is 5.91. The van der Waals surface area contributed by atoms with E-state index in [1.165, 1.54) is 7.11 Å².